The number of rotatable bonds is 3. The van der Waals surface area contributed by atoms with Crippen LogP contribution in [0.15, 0.2) is 18.6 Å². The molecular formula is C19H27ClN6O2. The second-order valence-electron chi connectivity index (χ2n) is 8.27. The van der Waals surface area contributed by atoms with Crippen molar-refractivity contribution in [2.24, 2.45) is 19.5 Å². The molecule has 1 N–H and O–H groups in total. The van der Waals surface area contributed by atoms with Gasteiger partial charge in [-0.25, -0.2) is 4.98 Å². The lowest BCUT2D eigenvalue weighted by atomic mass is 9.71. The molecule has 0 radical (unpaired) electrons. The van der Waals surface area contributed by atoms with Crippen LogP contribution in [-0.2, 0) is 20.6 Å². The maximum Gasteiger partial charge on any atom is 0.275 e. The fourth-order valence-corrected chi connectivity index (χ4v) is 4.90. The van der Waals surface area contributed by atoms with Gasteiger partial charge in [0.2, 0.25) is 0 Å². The van der Waals surface area contributed by atoms with Crippen LogP contribution in [0.4, 0.5) is 0 Å². The summed E-state index contributed by atoms with van der Waals surface area (Å²) in [5.74, 6) is 0.892. The first-order valence-corrected chi connectivity index (χ1v) is 10.1. The molecule has 2 aromatic rings. The van der Waals surface area contributed by atoms with Gasteiger partial charge in [-0.15, -0.1) is 0 Å². The van der Waals surface area contributed by atoms with E-state index in [4.69, 9.17) is 11.6 Å². The van der Waals surface area contributed by atoms with E-state index in [0.717, 1.165) is 38.2 Å². The van der Waals surface area contributed by atoms with Gasteiger partial charge in [-0.3, -0.25) is 14.4 Å². The zero-order chi connectivity index (χ0) is 19.9. The van der Waals surface area contributed by atoms with E-state index in [1.807, 2.05) is 22.7 Å². The van der Waals surface area contributed by atoms with Crippen molar-refractivity contribution in [3.63, 3.8) is 0 Å². The van der Waals surface area contributed by atoms with Gasteiger partial charge < -0.3 is 14.6 Å². The highest BCUT2D eigenvalue weighted by Gasteiger charge is 2.42. The molecule has 2 aliphatic rings. The molecule has 1 amide bonds. The molecule has 8 nitrogen and oxygen atoms in total. The van der Waals surface area contributed by atoms with Crippen molar-refractivity contribution in [2.45, 2.75) is 31.9 Å². The number of imidazole rings is 1. The number of carbonyl (C=O) groups excluding carboxylic acids is 1. The van der Waals surface area contributed by atoms with Crippen molar-refractivity contribution in [3.8, 4) is 0 Å². The van der Waals surface area contributed by atoms with Gasteiger partial charge >= 0.3 is 0 Å². The van der Waals surface area contributed by atoms with Crippen molar-refractivity contribution in [3.05, 3.63) is 35.1 Å². The van der Waals surface area contributed by atoms with Crippen LogP contribution in [0.5, 0.6) is 0 Å². The Morgan fingerprint density at radius 3 is 2.71 bits per heavy atom. The normalized spacial score (nSPS) is 22.7. The third-order valence-corrected chi connectivity index (χ3v) is 6.36. The number of halogens is 1. The van der Waals surface area contributed by atoms with Crippen LogP contribution in [0, 0.1) is 5.41 Å². The van der Waals surface area contributed by atoms with E-state index in [-0.39, 0.29) is 17.4 Å². The number of hydrogen-bond donors (Lipinski definition) is 1. The number of aromatic nitrogens is 4. The van der Waals surface area contributed by atoms with Crippen LogP contribution in [-0.4, -0.2) is 72.4 Å². The minimum absolute atomic E-state index is 0.0352. The molecule has 2 saturated heterocycles. The van der Waals surface area contributed by atoms with Crippen molar-refractivity contribution in [1.29, 1.82) is 0 Å². The molecule has 0 saturated carbocycles. The molecule has 2 fully saturated rings. The number of piperidine rings is 2. The Balaban J connectivity index is 1.41. The number of likely N-dealkylation sites (tertiary alicyclic amines) is 2. The van der Waals surface area contributed by atoms with Gasteiger partial charge in [0.15, 0.2) is 5.69 Å². The van der Waals surface area contributed by atoms with E-state index in [1.165, 1.54) is 0 Å². The molecule has 2 aromatic heterocycles. The summed E-state index contributed by atoms with van der Waals surface area (Å²) in [6.07, 6.45) is 7.58. The second kappa shape index (κ2) is 7.50. The summed E-state index contributed by atoms with van der Waals surface area (Å²) >= 11 is 6.14. The topological polar surface area (TPSA) is 79.4 Å². The van der Waals surface area contributed by atoms with Crippen molar-refractivity contribution < 1.29 is 9.90 Å². The van der Waals surface area contributed by atoms with E-state index in [0.29, 0.717) is 30.4 Å². The van der Waals surface area contributed by atoms with Crippen LogP contribution in [0.3, 0.4) is 0 Å². The number of β-amino-alcohol motifs (C(OH)–C–C–N with tert-alkyl or cyclic N) is 1. The zero-order valence-electron chi connectivity index (χ0n) is 16.4. The summed E-state index contributed by atoms with van der Waals surface area (Å²) in [7, 11) is 3.75. The second-order valence-corrected chi connectivity index (χ2v) is 8.68. The predicted octanol–water partition coefficient (Wildman–Crippen LogP) is 1.30. The van der Waals surface area contributed by atoms with Crippen LogP contribution >= 0.6 is 11.6 Å². The lowest BCUT2D eigenvalue weighted by molar-refractivity contribution is -0.0413. The van der Waals surface area contributed by atoms with Crippen molar-refractivity contribution in [1.82, 2.24) is 29.1 Å². The Kier molecular flexibility index (Phi) is 5.20. The first-order valence-electron chi connectivity index (χ1n) is 9.70. The first kappa shape index (κ1) is 19.4. The molecule has 4 heterocycles. The molecule has 28 heavy (non-hydrogen) atoms. The molecule has 2 aliphatic heterocycles. The minimum Gasteiger partial charge on any atom is -0.392 e. The molecule has 152 valence electrons. The molecular weight excluding hydrogens is 380 g/mol. The minimum atomic E-state index is -0.346. The third kappa shape index (κ3) is 3.81. The number of hydrogen-bond acceptors (Lipinski definition) is 5. The Morgan fingerprint density at radius 1 is 1.36 bits per heavy atom. The third-order valence-electron chi connectivity index (χ3n) is 6.08. The van der Waals surface area contributed by atoms with E-state index in [2.05, 4.69) is 15.0 Å². The average molecular weight is 407 g/mol. The molecule has 0 aromatic carbocycles. The van der Waals surface area contributed by atoms with Crippen molar-refractivity contribution in [2.75, 3.05) is 26.2 Å². The van der Waals surface area contributed by atoms with E-state index in [1.54, 1.807) is 24.1 Å². The number of nitrogens with zero attached hydrogens (tertiary/aromatic N) is 6. The SMILES string of the molecule is Cn1cc(Cl)c(C(=O)N2CCC3(CC2)CC(O)CN(Cc2nccn2C)C3)n1. The quantitative estimate of drug-likeness (QED) is 0.831. The number of amides is 1. The average Bonchev–Trinajstić information content (AvgIpc) is 3.19. The summed E-state index contributed by atoms with van der Waals surface area (Å²) in [6.45, 7) is 3.64. The van der Waals surface area contributed by atoms with Gasteiger partial charge in [0.1, 0.15) is 5.82 Å². The van der Waals surface area contributed by atoms with Crippen LogP contribution < -0.4 is 0 Å². The van der Waals surface area contributed by atoms with E-state index < -0.39 is 0 Å². The van der Waals surface area contributed by atoms with Crippen LogP contribution in [0.25, 0.3) is 0 Å². The van der Waals surface area contributed by atoms with Gasteiger partial charge in [-0.05, 0) is 24.7 Å². The zero-order valence-corrected chi connectivity index (χ0v) is 17.1. The lowest BCUT2D eigenvalue weighted by Crippen LogP contribution is -2.54. The Morgan fingerprint density at radius 2 is 2.11 bits per heavy atom. The Bertz CT molecular complexity index is 854. The highest BCUT2D eigenvalue weighted by Crippen LogP contribution is 2.40. The maximum atomic E-state index is 12.8. The van der Waals surface area contributed by atoms with Gasteiger partial charge in [0.25, 0.3) is 5.91 Å². The largest absolute Gasteiger partial charge is 0.392 e. The smallest absolute Gasteiger partial charge is 0.275 e. The Labute approximate surface area is 169 Å². The molecule has 1 unspecified atom stereocenters. The summed E-state index contributed by atoms with van der Waals surface area (Å²) in [5, 5.41) is 15.1. The lowest BCUT2D eigenvalue weighted by Gasteiger charge is -2.49. The van der Waals surface area contributed by atoms with Gasteiger partial charge in [-0.1, -0.05) is 11.6 Å². The highest BCUT2D eigenvalue weighted by atomic mass is 35.5. The summed E-state index contributed by atoms with van der Waals surface area (Å²) in [5.41, 5.74) is 0.355. The van der Waals surface area contributed by atoms with Crippen molar-refractivity contribution >= 4 is 17.5 Å². The maximum absolute atomic E-state index is 12.8. The fourth-order valence-electron chi connectivity index (χ4n) is 4.64. The number of aryl methyl sites for hydroxylation is 2. The monoisotopic (exact) mass is 406 g/mol. The summed E-state index contributed by atoms with van der Waals surface area (Å²) in [6, 6.07) is 0. The summed E-state index contributed by atoms with van der Waals surface area (Å²) in [4.78, 5) is 21.3. The Hall–Kier alpha value is -1.90. The van der Waals surface area contributed by atoms with Gasteiger partial charge in [0.05, 0.1) is 17.7 Å². The molecule has 9 heteroatoms. The number of carbonyl (C=O) groups is 1. The first-order chi connectivity index (χ1) is 13.3. The molecule has 0 aliphatic carbocycles. The van der Waals surface area contributed by atoms with Crippen LogP contribution in [0.2, 0.25) is 5.02 Å². The molecule has 1 atom stereocenters. The highest BCUT2D eigenvalue weighted by molar-refractivity contribution is 6.33. The van der Waals surface area contributed by atoms with Gasteiger partial charge in [-0.2, -0.15) is 5.10 Å². The molecule has 4 rings (SSSR count). The predicted molar refractivity (Wildman–Crippen MR) is 105 cm³/mol. The van der Waals surface area contributed by atoms with Gasteiger partial charge in [0, 0.05) is 58.9 Å². The number of aliphatic hydroxyl groups excluding tert-OH is 1. The molecule has 1 spiro atoms. The van der Waals surface area contributed by atoms with Crippen LogP contribution in [0.1, 0.15) is 35.6 Å². The number of aliphatic hydroxyl groups is 1. The standard InChI is InChI=1S/C19H27ClN6O2/c1-23-8-5-21-16(23)12-25-10-14(27)9-19(13-25)3-6-26(7-4-19)18(28)17-15(20)11-24(2)22-17/h5,8,11,14,27H,3-4,6-7,9-10,12-13H2,1-2H3. The molecule has 0 bridgehead atoms. The fraction of sp³-hybridized carbons (Fsp3) is 0.632. The van der Waals surface area contributed by atoms with E-state index >= 15 is 0 Å². The summed E-state index contributed by atoms with van der Waals surface area (Å²) < 4.78 is 3.58. The van der Waals surface area contributed by atoms with E-state index in [9.17, 15) is 9.90 Å².